The summed E-state index contributed by atoms with van der Waals surface area (Å²) in [5, 5.41) is 11.5. The summed E-state index contributed by atoms with van der Waals surface area (Å²) in [6, 6.07) is 24.9. The molecule has 0 atom stereocenters. The standard InChI is InChI=1S/C39H40N6O7/c1-6-49-32(46)22-43(23-33(47)50-7-2)30-20-19-27(21-31(30)52-24-34(48)51-8-3)37-35-25(4)41-44(28-15-11-9-12-16-28)38(35)40-39-36(37)26(5)42-45(39)29-17-13-10-14-18-29/h9-21H,6-8,22-24H2,1-5H3. The topological polar surface area (TPSA) is 140 Å². The fourth-order valence-corrected chi connectivity index (χ4v) is 6.17. The third-order valence-electron chi connectivity index (χ3n) is 8.28. The summed E-state index contributed by atoms with van der Waals surface area (Å²) < 4.78 is 25.4. The molecule has 268 valence electrons. The zero-order chi connectivity index (χ0) is 36.8. The molecule has 3 heterocycles. The van der Waals surface area contributed by atoms with Gasteiger partial charge in [-0.15, -0.1) is 0 Å². The zero-order valence-corrected chi connectivity index (χ0v) is 29.8. The van der Waals surface area contributed by atoms with Crippen LogP contribution in [0.5, 0.6) is 5.75 Å². The van der Waals surface area contributed by atoms with Crippen LogP contribution in [0.15, 0.2) is 78.9 Å². The Morgan fingerprint density at radius 3 is 1.62 bits per heavy atom. The lowest BCUT2D eigenvalue weighted by Crippen LogP contribution is -2.36. The fourth-order valence-electron chi connectivity index (χ4n) is 6.17. The lowest BCUT2D eigenvalue weighted by molar-refractivity contribution is -0.146. The van der Waals surface area contributed by atoms with Crippen molar-refractivity contribution in [3.8, 4) is 28.3 Å². The number of benzene rings is 3. The first-order valence-electron chi connectivity index (χ1n) is 17.1. The predicted molar refractivity (Wildman–Crippen MR) is 196 cm³/mol. The lowest BCUT2D eigenvalue weighted by Gasteiger charge is -2.25. The second kappa shape index (κ2) is 15.8. The number of esters is 3. The van der Waals surface area contributed by atoms with Crippen LogP contribution in [-0.4, -0.2) is 82.0 Å². The SMILES string of the molecule is CCOC(=O)COc1cc(-c2c3c(C)nn(-c4ccccc4)c3nc3c2c(C)nn3-c2ccccc2)ccc1N(CC(=O)OCC)CC(=O)OCC. The number of hydrogen-bond acceptors (Lipinski definition) is 11. The van der Waals surface area contributed by atoms with Gasteiger partial charge in [0.25, 0.3) is 0 Å². The van der Waals surface area contributed by atoms with Gasteiger partial charge in [-0.05, 0) is 76.6 Å². The van der Waals surface area contributed by atoms with Gasteiger partial charge in [-0.1, -0.05) is 42.5 Å². The number of carbonyl (C=O) groups is 3. The average Bonchev–Trinajstić information content (AvgIpc) is 3.66. The molecular weight excluding hydrogens is 664 g/mol. The molecule has 0 aliphatic carbocycles. The molecule has 0 aliphatic rings. The molecule has 0 aliphatic heterocycles. The Bertz CT molecular complexity index is 2110. The molecule has 0 unspecified atom stereocenters. The number of aromatic nitrogens is 5. The molecule has 13 nitrogen and oxygen atoms in total. The second-order valence-corrected chi connectivity index (χ2v) is 11.8. The molecule has 0 N–H and O–H groups in total. The minimum atomic E-state index is -0.574. The summed E-state index contributed by atoms with van der Waals surface area (Å²) in [5.74, 6) is -1.43. The van der Waals surface area contributed by atoms with Crippen LogP contribution in [0.2, 0.25) is 0 Å². The molecule has 0 spiro atoms. The first kappa shape index (κ1) is 35.6. The van der Waals surface area contributed by atoms with Crippen molar-refractivity contribution in [2.24, 2.45) is 0 Å². The van der Waals surface area contributed by atoms with Crippen molar-refractivity contribution in [3.63, 3.8) is 0 Å². The van der Waals surface area contributed by atoms with E-state index in [4.69, 9.17) is 34.1 Å². The summed E-state index contributed by atoms with van der Waals surface area (Å²) in [5.41, 5.74) is 6.27. The van der Waals surface area contributed by atoms with Gasteiger partial charge in [0, 0.05) is 5.56 Å². The van der Waals surface area contributed by atoms with Gasteiger partial charge in [-0.2, -0.15) is 10.2 Å². The maximum absolute atomic E-state index is 12.8. The van der Waals surface area contributed by atoms with Crippen LogP contribution in [0.3, 0.4) is 0 Å². The normalized spacial score (nSPS) is 11.1. The molecule has 13 heteroatoms. The number of hydrogen-bond donors (Lipinski definition) is 0. The summed E-state index contributed by atoms with van der Waals surface area (Å²) in [6.45, 7) is 8.55. The molecule has 3 aromatic carbocycles. The average molecular weight is 705 g/mol. The zero-order valence-electron chi connectivity index (χ0n) is 29.8. The maximum atomic E-state index is 12.8. The molecule has 0 radical (unpaired) electrons. The number of rotatable bonds is 14. The summed E-state index contributed by atoms with van der Waals surface area (Å²) in [7, 11) is 0. The molecular formula is C39H40N6O7. The van der Waals surface area contributed by atoms with E-state index in [2.05, 4.69) is 0 Å². The number of nitrogens with zero attached hydrogens (tertiary/aromatic N) is 6. The number of anilines is 1. The number of aryl methyl sites for hydroxylation is 2. The monoisotopic (exact) mass is 704 g/mol. The van der Waals surface area contributed by atoms with Crippen molar-refractivity contribution >= 4 is 45.7 Å². The van der Waals surface area contributed by atoms with Crippen molar-refractivity contribution in [2.75, 3.05) is 44.4 Å². The third kappa shape index (κ3) is 7.29. The maximum Gasteiger partial charge on any atom is 0.344 e. The van der Waals surface area contributed by atoms with Gasteiger partial charge in [0.1, 0.15) is 18.8 Å². The van der Waals surface area contributed by atoms with Crippen molar-refractivity contribution in [2.45, 2.75) is 34.6 Å². The Kier molecular flexibility index (Phi) is 10.8. The van der Waals surface area contributed by atoms with E-state index in [1.165, 1.54) is 4.90 Å². The predicted octanol–water partition coefficient (Wildman–Crippen LogP) is 5.92. The van der Waals surface area contributed by atoms with Crippen molar-refractivity contribution in [1.82, 2.24) is 24.5 Å². The Balaban J connectivity index is 1.62. The van der Waals surface area contributed by atoms with Crippen molar-refractivity contribution in [1.29, 1.82) is 0 Å². The highest BCUT2D eigenvalue weighted by Crippen LogP contribution is 2.42. The number of pyridine rings is 1. The fraction of sp³-hybridized carbons (Fsp3) is 0.282. The van der Waals surface area contributed by atoms with E-state index in [1.54, 1.807) is 32.9 Å². The number of para-hydroxylation sites is 2. The van der Waals surface area contributed by atoms with Gasteiger partial charge in [0.2, 0.25) is 0 Å². The molecule has 3 aromatic heterocycles. The van der Waals surface area contributed by atoms with E-state index in [1.807, 2.05) is 89.9 Å². The van der Waals surface area contributed by atoms with Crippen LogP contribution in [0.4, 0.5) is 5.69 Å². The molecule has 0 fully saturated rings. The quantitative estimate of drug-likeness (QED) is 0.0987. The van der Waals surface area contributed by atoms with E-state index in [0.29, 0.717) is 22.5 Å². The Labute approximate surface area is 300 Å². The highest BCUT2D eigenvalue weighted by Gasteiger charge is 2.27. The van der Waals surface area contributed by atoms with Crippen LogP contribution in [-0.2, 0) is 28.6 Å². The van der Waals surface area contributed by atoms with Crippen LogP contribution in [0.1, 0.15) is 32.2 Å². The van der Waals surface area contributed by atoms with Gasteiger partial charge in [-0.25, -0.2) is 19.1 Å². The number of carbonyl (C=O) groups excluding carboxylic acids is 3. The van der Waals surface area contributed by atoms with Crippen LogP contribution < -0.4 is 9.64 Å². The van der Waals surface area contributed by atoms with Gasteiger partial charge in [-0.3, -0.25) is 9.59 Å². The van der Waals surface area contributed by atoms with E-state index in [-0.39, 0.29) is 38.7 Å². The largest absolute Gasteiger partial charge is 0.480 e. The Hall–Kier alpha value is -6.24. The second-order valence-electron chi connectivity index (χ2n) is 11.8. The lowest BCUT2D eigenvalue weighted by atomic mass is 9.97. The summed E-state index contributed by atoms with van der Waals surface area (Å²) in [4.78, 5) is 44.8. The molecule has 6 aromatic rings. The minimum Gasteiger partial charge on any atom is -0.480 e. The van der Waals surface area contributed by atoms with E-state index < -0.39 is 24.5 Å². The van der Waals surface area contributed by atoms with Gasteiger partial charge in [0.15, 0.2) is 17.9 Å². The van der Waals surface area contributed by atoms with Gasteiger partial charge in [0.05, 0.1) is 59.0 Å². The number of fused-ring (bicyclic) bond motifs is 2. The van der Waals surface area contributed by atoms with Gasteiger partial charge < -0.3 is 23.8 Å². The van der Waals surface area contributed by atoms with Crippen LogP contribution in [0.25, 0.3) is 44.6 Å². The Morgan fingerprint density at radius 1 is 0.654 bits per heavy atom. The molecule has 0 amide bonds. The summed E-state index contributed by atoms with van der Waals surface area (Å²) >= 11 is 0. The molecule has 52 heavy (non-hydrogen) atoms. The van der Waals surface area contributed by atoms with E-state index >= 15 is 0 Å². The Morgan fingerprint density at radius 2 is 1.13 bits per heavy atom. The molecule has 0 saturated carbocycles. The smallest absolute Gasteiger partial charge is 0.344 e. The molecule has 0 saturated heterocycles. The highest BCUT2D eigenvalue weighted by molar-refractivity contribution is 6.11. The van der Waals surface area contributed by atoms with Crippen molar-refractivity contribution in [3.05, 3.63) is 90.3 Å². The van der Waals surface area contributed by atoms with E-state index in [0.717, 1.165) is 39.1 Å². The third-order valence-corrected chi connectivity index (χ3v) is 8.28. The first-order valence-corrected chi connectivity index (χ1v) is 17.1. The molecule has 6 rings (SSSR count). The van der Waals surface area contributed by atoms with Crippen LogP contribution >= 0.6 is 0 Å². The van der Waals surface area contributed by atoms with E-state index in [9.17, 15) is 14.4 Å². The minimum absolute atomic E-state index is 0.164. The number of ether oxygens (including phenoxy) is 4. The first-order chi connectivity index (χ1) is 25.2. The highest BCUT2D eigenvalue weighted by atomic mass is 16.6. The van der Waals surface area contributed by atoms with Gasteiger partial charge >= 0.3 is 17.9 Å². The summed E-state index contributed by atoms with van der Waals surface area (Å²) in [6.07, 6.45) is 0. The van der Waals surface area contributed by atoms with Crippen LogP contribution in [0, 0.1) is 13.8 Å². The molecule has 0 bridgehead atoms. The van der Waals surface area contributed by atoms with Crippen molar-refractivity contribution < 1.29 is 33.3 Å².